The number of halogens is 1. The molecule has 0 heterocycles. The van der Waals surface area contributed by atoms with E-state index in [0.29, 0.717) is 5.02 Å². The Morgan fingerprint density at radius 2 is 2.00 bits per heavy atom. The summed E-state index contributed by atoms with van der Waals surface area (Å²) in [6.07, 6.45) is 0. The molecular formula is C11H14ClN3O2. The van der Waals surface area contributed by atoms with E-state index in [1.165, 1.54) is 11.9 Å². The number of hydrazine groups is 1. The normalized spacial score (nSPS) is 11.8. The predicted octanol–water partition coefficient (Wildman–Crippen LogP) is 0.849. The van der Waals surface area contributed by atoms with Gasteiger partial charge in [-0.3, -0.25) is 15.0 Å². The number of rotatable bonds is 2. The van der Waals surface area contributed by atoms with Crippen LogP contribution in [0.2, 0.25) is 5.02 Å². The summed E-state index contributed by atoms with van der Waals surface area (Å²) in [5, 5.41) is 0.549. The number of carbonyl (C=O) groups excluding carboxylic acids is 2. The van der Waals surface area contributed by atoms with E-state index in [1.54, 1.807) is 30.5 Å². The molecule has 0 bridgehead atoms. The molecule has 1 aromatic rings. The van der Waals surface area contributed by atoms with E-state index < -0.39 is 11.8 Å². The van der Waals surface area contributed by atoms with Crippen LogP contribution in [-0.2, 0) is 9.59 Å². The number of benzene rings is 1. The number of carbonyl (C=O) groups is 2. The SMILES string of the molecule is CC(c1ccccc1Cl)N(C)C(=O)C(=O)NN. The molecule has 0 aliphatic rings. The van der Waals surface area contributed by atoms with E-state index in [1.807, 2.05) is 6.07 Å². The van der Waals surface area contributed by atoms with Crippen LogP contribution in [0.1, 0.15) is 18.5 Å². The molecule has 2 amide bonds. The molecule has 92 valence electrons. The second kappa shape index (κ2) is 5.65. The fourth-order valence-corrected chi connectivity index (χ4v) is 1.71. The maximum Gasteiger partial charge on any atom is 0.323 e. The Balaban J connectivity index is 2.91. The van der Waals surface area contributed by atoms with Gasteiger partial charge in [-0.25, -0.2) is 5.84 Å². The van der Waals surface area contributed by atoms with Crippen molar-refractivity contribution >= 4 is 23.4 Å². The highest BCUT2D eigenvalue weighted by Crippen LogP contribution is 2.26. The molecule has 0 aliphatic heterocycles. The van der Waals surface area contributed by atoms with Crippen molar-refractivity contribution in [2.45, 2.75) is 13.0 Å². The van der Waals surface area contributed by atoms with Gasteiger partial charge in [0.1, 0.15) is 0 Å². The highest BCUT2D eigenvalue weighted by atomic mass is 35.5. The zero-order valence-electron chi connectivity index (χ0n) is 9.61. The molecule has 5 nitrogen and oxygen atoms in total. The minimum absolute atomic E-state index is 0.312. The summed E-state index contributed by atoms with van der Waals surface area (Å²) < 4.78 is 0. The number of nitrogens with one attached hydrogen (secondary N) is 1. The minimum Gasteiger partial charge on any atom is -0.331 e. The highest BCUT2D eigenvalue weighted by molar-refractivity contribution is 6.35. The summed E-state index contributed by atoms with van der Waals surface area (Å²) in [4.78, 5) is 24.0. The number of hydrogen-bond acceptors (Lipinski definition) is 3. The lowest BCUT2D eigenvalue weighted by molar-refractivity contribution is -0.146. The third kappa shape index (κ3) is 2.95. The largest absolute Gasteiger partial charge is 0.331 e. The van der Waals surface area contributed by atoms with Gasteiger partial charge in [0.15, 0.2) is 0 Å². The van der Waals surface area contributed by atoms with Crippen molar-refractivity contribution in [2.75, 3.05) is 7.05 Å². The predicted molar refractivity (Wildman–Crippen MR) is 65.0 cm³/mol. The average Bonchev–Trinajstić information content (AvgIpc) is 2.35. The van der Waals surface area contributed by atoms with E-state index in [2.05, 4.69) is 0 Å². The Labute approximate surface area is 105 Å². The Hall–Kier alpha value is -1.59. The summed E-state index contributed by atoms with van der Waals surface area (Å²) in [5.41, 5.74) is 2.58. The van der Waals surface area contributed by atoms with E-state index in [-0.39, 0.29) is 6.04 Å². The topological polar surface area (TPSA) is 75.4 Å². The first-order valence-electron chi connectivity index (χ1n) is 5.01. The van der Waals surface area contributed by atoms with Gasteiger partial charge in [-0.1, -0.05) is 29.8 Å². The standard InChI is InChI=1S/C11H14ClN3O2/c1-7(8-5-3-4-6-9(8)12)15(2)11(17)10(16)14-13/h3-7H,13H2,1-2H3,(H,14,16). The first kappa shape index (κ1) is 13.5. The molecule has 1 aromatic carbocycles. The smallest absolute Gasteiger partial charge is 0.323 e. The molecule has 0 aliphatic carbocycles. The summed E-state index contributed by atoms with van der Waals surface area (Å²) in [6.45, 7) is 1.78. The van der Waals surface area contributed by atoms with Crippen LogP contribution in [0.3, 0.4) is 0 Å². The first-order valence-corrected chi connectivity index (χ1v) is 5.39. The quantitative estimate of drug-likeness (QED) is 0.356. The second-order valence-electron chi connectivity index (χ2n) is 3.59. The van der Waals surface area contributed by atoms with Gasteiger partial charge in [-0.2, -0.15) is 0 Å². The minimum atomic E-state index is -0.855. The molecule has 0 saturated carbocycles. The average molecular weight is 256 g/mol. The third-order valence-corrected chi connectivity index (χ3v) is 2.93. The number of nitrogens with zero attached hydrogens (tertiary/aromatic N) is 1. The molecule has 0 aromatic heterocycles. The molecule has 1 atom stereocenters. The molecule has 0 fully saturated rings. The van der Waals surface area contributed by atoms with Crippen LogP contribution >= 0.6 is 11.6 Å². The van der Waals surface area contributed by atoms with Gasteiger partial charge >= 0.3 is 11.8 Å². The first-order chi connectivity index (χ1) is 7.99. The van der Waals surface area contributed by atoms with Crippen molar-refractivity contribution in [3.05, 3.63) is 34.9 Å². The molecule has 1 unspecified atom stereocenters. The van der Waals surface area contributed by atoms with Crippen molar-refractivity contribution < 1.29 is 9.59 Å². The molecule has 6 heteroatoms. The number of amides is 2. The van der Waals surface area contributed by atoms with Crippen LogP contribution in [0, 0.1) is 0 Å². The molecule has 0 radical (unpaired) electrons. The van der Waals surface area contributed by atoms with Crippen molar-refractivity contribution in [3.8, 4) is 0 Å². The third-order valence-electron chi connectivity index (χ3n) is 2.58. The van der Waals surface area contributed by atoms with E-state index in [4.69, 9.17) is 17.4 Å². The summed E-state index contributed by atoms with van der Waals surface area (Å²) in [7, 11) is 1.52. The number of nitrogens with two attached hydrogens (primary N) is 1. The van der Waals surface area contributed by atoms with Crippen LogP contribution in [0.25, 0.3) is 0 Å². The Kier molecular flexibility index (Phi) is 4.48. The second-order valence-corrected chi connectivity index (χ2v) is 3.99. The zero-order chi connectivity index (χ0) is 13.0. The molecule has 0 spiro atoms. The summed E-state index contributed by atoms with van der Waals surface area (Å²) in [6, 6.07) is 6.84. The van der Waals surface area contributed by atoms with Gasteiger partial charge in [0, 0.05) is 12.1 Å². The Bertz CT molecular complexity index is 436. The highest BCUT2D eigenvalue weighted by Gasteiger charge is 2.23. The van der Waals surface area contributed by atoms with Crippen LogP contribution < -0.4 is 11.3 Å². The summed E-state index contributed by atoms with van der Waals surface area (Å²) in [5.74, 6) is 3.34. The van der Waals surface area contributed by atoms with Crippen LogP contribution in [0.15, 0.2) is 24.3 Å². The van der Waals surface area contributed by atoms with Gasteiger partial charge in [-0.15, -0.1) is 0 Å². The Morgan fingerprint density at radius 1 is 1.41 bits per heavy atom. The van der Waals surface area contributed by atoms with Crippen molar-refractivity contribution in [3.63, 3.8) is 0 Å². The van der Waals surface area contributed by atoms with Gasteiger partial charge in [-0.05, 0) is 18.6 Å². The van der Waals surface area contributed by atoms with E-state index >= 15 is 0 Å². The van der Waals surface area contributed by atoms with Crippen molar-refractivity contribution in [1.29, 1.82) is 0 Å². The Morgan fingerprint density at radius 3 is 2.53 bits per heavy atom. The zero-order valence-corrected chi connectivity index (χ0v) is 10.4. The summed E-state index contributed by atoms with van der Waals surface area (Å²) >= 11 is 6.02. The van der Waals surface area contributed by atoms with Crippen molar-refractivity contribution in [2.24, 2.45) is 5.84 Å². The molecule has 0 saturated heterocycles. The fraction of sp³-hybridized carbons (Fsp3) is 0.273. The molecular weight excluding hydrogens is 242 g/mol. The monoisotopic (exact) mass is 255 g/mol. The van der Waals surface area contributed by atoms with Gasteiger partial charge in [0.05, 0.1) is 6.04 Å². The number of likely N-dealkylation sites (N-methyl/N-ethyl adjacent to an activating group) is 1. The van der Waals surface area contributed by atoms with Gasteiger partial charge < -0.3 is 4.90 Å². The lowest BCUT2D eigenvalue weighted by atomic mass is 10.1. The van der Waals surface area contributed by atoms with Gasteiger partial charge in [0.25, 0.3) is 0 Å². The lowest BCUT2D eigenvalue weighted by Crippen LogP contribution is -2.44. The van der Waals surface area contributed by atoms with E-state index in [9.17, 15) is 9.59 Å². The van der Waals surface area contributed by atoms with Crippen LogP contribution in [0.5, 0.6) is 0 Å². The molecule has 17 heavy (non-hydrogen) atoms. The number of hydrogen-bond donors (Lipinski definition) is 2. The van der Waals surface area contributed by atoms with Crippen LogP contribution in [-0.4, -0.2) is 23.8 Å². The van der Waals surface area contributed by atoms with Gasteiger partial charge in [0.2, 0.25) is 0 Å². The lowest BCUT2D eigenvalue weighted by Gasteiger charge is -2.25. The van der Waals surface area contributed by atoms with E-state index in [0.717, 1.165) is 5.56 Å². The maximum atomic E-state index is 11.6. The fourth-order valence-electron chi connectivity index (χ4n) is 1.42. The molecule has 3 N–H and O–H groups in total. The molecule has 1 rings (SSSR count). The van der Waals surface area contributed by atoms with Crippen molar-refractivity contribution in [1.82, 2.24) is 10.3 Å². The maximum absolute atomic E-state index is 11.6. The van der Waals surface area contributed by atoms with Crippen LogP contribution in [0.4, 0.5) is 0 Å².